The summed E-state index contributed by atoms with van der Waals surface area (Å²) in [6.45, 7) is -0.791. The van der Waals surface area contributed by atoms with E-state index in [1.54, 1.807) is 12.1 Å². The molecule has 0 heterocycles. The van der Waals surface area contributed by atoms with Crippen molar-refractivity contribution in [1.29, 1.82) is 0 Å². The van der Waals surface area contributed by atoms with Gasteiger partial charge in [-0.15, -0.1) is 0 Å². The van der Waals surface area contributed by atoms with Gasteiger partial charge < -0.3 is 14.8 Å². The van der Waals surface area contributed by atoms with Crippen molar-refractivity contribution in [3.63, 3.8) is 0 Å². The molecule has 0 fully saturated rings. The molecule has 0 aromatic heterocycles. The van der Waals surface area contributed by atoms with E-state index in [-0.39, 0.29) is 0 Å². The molecule has 0 radical (unpaired) electrons. The molecule has 17 heavy (non-hydrogen) atoms. The largest absolute Gasteiger partial charge is 0.497 e. The third kappa shape index (κ3) is 3.63. The van der Waals surface area contributed by atoms with Crippen LogP contribution in [0.25, 0.3) is 0 Å². The standard InChI is InChI=1S/C10H12N2O5/c1-16-7-3-4-9(17-2)8(5-7)11-10(13)6-12(14)15/h3-5H,6H2,1-2H3,(H,11,13). The number of nitro groups is 1. The van der Waals surface area contributed by atoms with Crippen molar-refractivity contribution < 1.29 is 19.2 Å². The number of nitrogens with zero attached hydrogens (tertiary/aromatic N) is 1. The maximum Gasteiger partial charge on any atom is 0.296 e. The van der Waals surface area contributed by atoms with Gasteiger partial charge in [0, 0.05) is 11.0 Å². The van der Waals surface area contributed by atoms with Gasteiger partial charge in [0.05, 0.1) is 19.9 Å². The molecule has 7 nitrogen and oxygen atoms in total. The number of hydrogen-bond acceptors (Lipinski definition) is 5. The highest BCUT2D eigenvalue weighted by molar-refractivity contribution is 5.93. The lowest BCUT2D eigenvalue weighted by Crippen LogP contribution is -2.21. The maximum absolute atomic E-state index is 11.2. The zero-order chi connectivity index (χ0) is 12.8. The highest BCUT2D eigenvalue weighted by Gasteiger charge is 2.13. The third-order valence-corrected chi connectivity index (χ3v) is 1.95. The smallest absolute Gasteiger partial charge is 0.296 e. The lowest BCUT2D eigenvalue weighted by molar-refractivity contribution is -0.467. The van der Waals surface area contributed by atoms with Crippen molar-refractivity contribution in [2.24, 2.45) is 0 Å². The predicted octanol–water partition coefficient (Wildman–Crippen LogP) is 0.919. The number of nitrogens with one attached hydrogen (secondary N) is 1. The number of amides is 1. The van der Waals surface area contributed by atoms with Gasteiger partial charge in [-0.3, -0.25) is 14.9 Å². The summed E-state index contributed by atoms with van der Waals surface area (Å²) in [4.78, 5) is 20.7. The number of benzene rings is 1. The van der Waals surface area contributed by atoms with E-state index in [1.165, 1.54) is 20.3 Å². The lowest BCUT2D eigenvalue weighted by Gasteiger charge is -2.10. The average molecular weight is 240 g/mol. The Bertz CT molecular complexity index is 433. The quantitative estimate of drug-likeness (QED) is 0.610. The zero-order valence-corrected chi connectivity index (χ0v) is 9.43. The molecule has 1 aromatic carbocycles. The van der Waals surface area contributed by atoms with Crippen molar-refractivity contribution in [2.45, 2.75) is 0 Å². The topological polar surface area (TPSA) is 90.7 Å². The van der Waals surface area contributed by atoms with Crippen molar-refractivity contribution in [3.8, 4) is 11.5 Å². The molecule has 0 aliphatic heterocycles. The van der Waals surface area contributed by atoms with Gasteiger partial charge in [0.15, 0.2) is 0 Å². The molecule has 0 atom stereocenters. The Hall–Kier alpha value is -2.31. The van der Waals surface area contributed by atoms with E-state index in [0.29, 0.717) is 17.2 Å². The summed E-state index contributed by atoms with van der Waals surface area (Å²) < 4.78 is 9.99. The van der Waals surface area contributed by atoms with Crippen LogP contribution in [0.15, 0.2) is 18.2 Å². The molecule has 0 saturated carbocycles. The van der Waals surface area contributed by atoms with Crippen LogP contribution in [0, 0.1) is 10.1 Å². The van der Waals surface area contributed by atoms with Crippen LogP contribution in [-0.4, -0.2) is 31.6 Å². The summed E-state index contributed by atoms with van der Waals surface area (Å²) in [7, 11) is 2.91. The van der Waals surface area contributed by atoms with Crippen LogP contribution in [-0.2, 0) is 4.79 Å². The van der Waals surface area contributed by atoms with Crippen molar-refractivity contribution >= 4 is 11.6 Å². The number of hydrogen-bond donors (Lipinski definition) is 1. The monoisotopic (exact) mass is 240 g/mol. The molecule has 7 heteroatoms. The highest BCUT2D eigenvalue weighted by atomic mass is 16.6. The highest BCUT2D eigenvalue weighted by Crippen LogP contribution is 2.28. The molecule has 1 aromatic rings. The van der Waals surface area contributed by atoms with Gasteiger partial charge in [0.25, 0.3) is 12.5 Å². The first kappa shape index (κ1) is 12.8. The van der Waals surface area contributed by atoms with E-state index >= 15 is 0 Å². The molecular weight excluding hydrogens is 228 g/mol. The first-order valence-corrected chi connectivity index (χ1v) is 4.70. The summed E-state index contributed by atoms with van der Waals surface area (Å²) >= 11 is 0. The van der Waals surface area contributed by atoms with Gasteiger partial charge in [-0.05, 0) is 12.1 Å². The van der Waals surface area contributed by atoms with E-state index in [1.807, 2.05) is 0 Å². The Morgan fingerprint density at radius 3 is 2.65 bits per heavy atom. The molecular formula is C10H12N2O5. The van der Waals surface area contributed by atoms with Gasteiger partial charge in [-0.1, -0.05) is 0 Å². The Morgan fingerprint density at radius 2 is 2.12 bits per heavy atom. The molecule has 92 valence electrons. The van der Waals surface area contributed by atoms with Gasteiger partial charge in [0.1, 0.15) is 11.5 Å². The third-order valence-electron chi connectivity index (χ3n) is 1.95. The van der Waals surface area contributed by atoms with E-state index in [2.05, 4.69) is 5.32 Å². The van der Waals surface area contributed by atoms with Gasteiger partial charge in [-0.25, -0.2) is 0 Å². The van der Waals surface area contributed by atoms with Crippen molar-refractivity contribution in [2.75, 3.05) is 26.1 Å². The molecule has 0 unspecified atom stereocenters. The van der Waals surface area contributed by atoms with Crippen molar-refractivity contribution in [1.82, 2.24) is 0 Å². The summed E-state index contributed by atoms with van der Waals surface area (Å²) in [5.74, 6) is 0.200. The minimum atomic E-state index is -0.791. The molecule has 1 N–H and O–H groups in total. The zero-order valence-electron chi connectivity index (χ0n) is 9.43. The molecule has 0 aliphatic carbocycles. The number of anilines is 1. The lowest BCUT2D eigenvalue weighted by atomic mass is 10.2. The number of rotatable bonds is 5. The Labute approximate surface area is 97.5 Å². The molecule has 0 bridgehead atoms. The predicted molar refractivity (Wildman–Crippen MR) is 60.0 cm³/mol. The second kappa shape index (κ2) is 5.69. The van der Waals surface area contributed by atoms with E-state index in [4.69, 9.17) is 9.47 Å². The number of carbonyl (C=O) groups is 1. The number of ether oxygens (including phenoxy) is 2. The van der Waals surface area contributed by atoms with Crippen LogP contribution in [0.4, 0.5) is 5.69 Å². The fraction of sp³-hybridized carbons (Fsp3) is 0.300. The van der Waals surface area contributed by atoms with E-state index in [9.17, 15) is 14.9 Å². The molecule has 0 saturated heterocycles. The summed E-state index contributed by atoms with van der Waals surface area (Å²) in [5.41, 5.74) is 0.332. The van der Waals surface area contributed by atoms with Crippen molar-refractivity contribution in [3.05, 3.63) is 28.3 Å². The second-order valence-electron chi connectivity index (χ2n) is 3.11. The van der Waals surface area contributed by atoms with E-state index in [0.717, 1.165) is 0 Å². The maximum atomic E-state index is 11.2. The average Bonchev–Trinajstić information content (AvgIpc) is 2.27. The number of carbonyl (C=O) groups excluding carboxylic acids is 1. The SMILES string of the molecule is COc1ccc(OC)c(NC(=O)C[N+](=O)[O-])c1. The molecule has 1 rings (SSSR count). The minimum absolute atomic E-state index is 0.332. The van der Waals surface area contributed by atoms with Crippen LogP contribution in [0.2, 0.25) is 0 Å². The minimum Gasteiger partial charge on any atom is -0.497 e. The van der Waals surface area contributed by atoms with E-state index < -0.39 is 17.4 Å². The first-order chi connectivity index (χ1) is 8.06. The van der Waals surface area contributed by atoms with Gasteiger partial charge in [0.2, 0.25) is 0 Å². The summed E-state index contributed by atoms with van der Waals surface area (Å²) in [6.07, 6.45) is 0. The summed E-state index contributed by atoms with van der Waals surface area (Å²) in [6, 6.07) is 4.78. The van der Waals surface area contributed by atoms with Crippen LogP contribution in [0.5, 0.6) is 11.5 Å². The van der Waals surface area contributed by atoms with Gasteiger partial charge >= 0.3 is 0 Å². The Kier molecular flexibility index (Phi) is 4.27. The first-order valence-electron chi connectivity index (χ1n) is 4.70. The fourth-order valence-corrected chi connectivity index (χ4v) is 1.22. The Balaban J connectivity index is 2.87. The van der Waals surface area contributed by atoms with Gasteiger partial charge in [-0.2, -0.15) is 0 Å². The van der Waals surface area contributed by atoms with Crippen LogP contribution in [0.1, 0.15) is 0 Å². The second-order valence-corrected chi connectivity index (χ2v) is 3.11. The Morgan fingerprint density at radius 1 is 1.41 bits per heavy atom. The van der Waals surface area contributed by atoms with Crippen LogP contribution in [0.3, 0.4) is 0 Å². The molecule has 0 spiro atoms. The van der Waals surface area contributed by atoms with Crippen LogP contribution >= 0.6 is 0 Å². The normalized spacial score (nSPS) is 9.53. The fourth-order valence-electron chi connectivity index (χ4n) is 1.22. The number of methoxy groups -OCH3 is 2. The molecule has 1 amide bonds. The van der Waals surface area contributed by atoms with Crippen LogP contribution < -0.4 is 14.8 Å². The molecule has 0 aliphatic rings. The summed E-state index contributed by atoms with van der Waals surface area (Å²) in [5, 5.41) is 12.5.